The largest absolute Gasteiger partial charge is 0.309 e. The summed E-state index contributed by atoms with van der Waals surface area (Å²) in [5.41, 5.74) is 3.38. The van der Waals surface area contributed by atoms with E-state index in [1.165, 1.54) is 18.4 Å². The van der Waals surface area contributed by atoms with Crippen LogP contribution < -0.4 is 5.32 Å². The molecule has 0 bridgehead atoms. The second-order valence-corrected chi connectivity index (χ2v) is 6.32. The summed E-state index contributed by atoms with van der Waals surface area (Å²) >= 11 is 0. The van der Waals surface area contributed by atoms with E-state index >= 15 is 0 Å². The second-order valence-electron chi connectivity index (χ2n) is 6.32. The Morgan fingerprint density at radius 1 is 1.18 bits per heavy atom. The van der Waals surface area contributed by atoms with Gasteiger partial charge in [-0.05, 0) is 28.9 Å². The highest BCUT2D eigenvalue weighted by Gasteiger charge is 2.33. The normalized spacial score (nSPS) is 24.5. The van der Waals surface area contributed by atoms with Crippen LogP contribution in [0.25, 0.3) is 0 Å². The molecule has 0 fully saturated rings. The molecule has 0 aromatic heterocycles. The van der Waals surface area contributed by atoms with Crippen molar-refractivity contribution in [3.05, 3.63) is 35.4 Å². The highest BCUT2D eigenvalue weighted by Crippen LogP contribution is 2.40. The van der Waals surface area contributed by atoms with Gasteiger partial charge in [-0.2, -0.15) is 0 Å². The zero-order valence-electron chi connectivity index (χ0n) is 11.6. The monoisotopic (exact) mass is 231 g/mol. The lowest BCUT2D eigenvalue weighted by Gasteiger charge is -2.40. The van der Waals surface area contributed by atoms with Crippen molar-refractivity contribution in [1.82, 2.24) is 5.32 Å². The molecule has 0 saturated heterocycles. The Bertz CT molecular complexity index is 375. The highest BCUT2D eigenvalue weighted by atomic mass is 14.9. The molecule has 1 N–H and O–H groups in total. The molecule has 1 aliphatic rings. The molecule has 2 unspecified atom stereocenters. The highest BCUT2D eigenvalue weighted by molar-refractivity contribution is 5.36. The van der Waals surface area contributed by atoms with Crippen LogP contribution in [-0.4, -0.2) is 6.54 Å². The van der Waals surface area contributed by atoms with Crippen molar-refractivity contribution < 1.29 is 0 Å². The standard InChI is InChI=1S/C16H25N/c1-5-8-12-11-17-15(16(2,3)4)14-10-7-6-9-13(12)14/h6-7,9-10,12,15,17H,5,8,11H2,1-4H3. The molecule has 0 aliphatic carbocycles. The molecule has 1 nitrogen and oxygen atoms in total. The number of fused-ring (bicyclic) bond motifs is 1. The summed E-state index contributed by atoms with van der Waals surface area (Å²) in [5, 5.41) is 3.75. The van der Waals surface area contributed by atoms with Gasteiger partial charge in [0, 0.05) is 12.6 Å². The Labute approximate surface area is 106 Å². The van der Waals surface area contributed by atoms with Gasteiger partial charge in [0.2, 0.25) is 0 Å². The van der Waals surface area contributed by atoms with Crippen molar-refractivity contribution in [3.63, 3.8) is 0 Å². The summed E-state index contributed by atoms with van der Waals surface area (Å²) in [6.45, 7) is 10.4. The molecule has 1 aliphatic heterocycles. The van der Waals surface area contributed by atoms with Crippen LogP contribution in [0.4, 0.5) is 0 Å². The molecule has 1 heterocycles. The van der Waals surface area contributed by atoms with Crippen LogP contribution in [0.3, 0.4) is 0 Å². The summed E-state index contributed by atoms with van der Waals surface area (Å²) in [4.78, 5) is 0. The molecule has 17 heavy (non-hydrogen) atoms. The van der Waals surface area contributed by atoms with E-state index in [1.54, 1.807) is 5.56 Å². The third-order valence-corrected chi connectivity index (χ3v) is 3.82. The van der Waals surface area contributed by atoms with Crippen LogP contribution in [-0.2, 0) is 0 Å². The fraction of sp³-hybridized carbons (Fsp3) is 0.625. The minimum Gasteiger partial charge on any atom is -0.309 e. The average molecular weight is 231 g/mol. The van der Waals surface area contributed by atoms with E-state index in [-0.39, 0.29) is 5.41 Å². The maximum atomic E-state index is 3.75. The van der Waals surface area contributed by atoms with Gasteiger partial charge >= 0.3 is 0 Å². The maximum absolute atomic E-state index is 3.75. The second kappa shape index (κ2) is 4.81. The molecule has 0 radical (unpaired) electrons. The topological polar surface area (TPSA) is 12.0 Å². The van der Waals surface area contributed by atoms with Gasteiger partial charge in [0.25, 0.3) is 0 Å². The van der Waals surface area contributed by atoms with Crippen LogP contribution in [0.1, 0.15) is 63.6 Å². The van der Waals surface area contributed by atoms with Crippen molar-refractivity contribution in [2.24, 2.45) is 5.41 Å². The number of hydrogen-bond donors (Lipinski definition) is 1. The van der Waals surface area contributed by atoms with Crippen molar-refractivity contribution in [1.29, 1.82) is 0 Å². The molecule has 94 valence electrons. The average Bonchev–Trinajstić information content (AvgIpc) is 2.28. The van der Waals surface area contributed by atoms with E-state index in [4.69, 9.17) is 0 Å². The lowest BCUT2D eigenvalue weighted by Crippen LogP contribution is -2.39. The minimum absolute atomic E-state index is 0.285. The van der Waals surface area contributed by atoms with Crippen molar-refractivity contribution in [2.45, 2.75) is 52.5 Å². The molecule has 1 heteroatoms. The van der Waals surface area contributed by atoms with E-state index in [2.05, 4.69) is 57.3 Å². The molecule has 2 rings (SSSR count). The first-order valence-electron chi connectivity index (χ1n) is 6.86. The van der Waals surface area contributed by atoms with Gasteiger partial charge in [0.05, 0.1) is 0 Å². The Balaban J connectivity index is 2.37. The molecule has 0 saturated carbocycles. The first kappa shape index (κ1) is 12.6. The third-order valence-electron chi connectivity index (χ3n) is 3.82. The predicted octanol–water partition coefficient (Wildman–Crippen LogP) is 4.26. The van der Waals surface area contributed by atoms with Gasteiger partial charge < -0.3 is 5.32 Å². The van der Waals surface area contributed by atoms with Gasteiger partial charge in [-0.1, -0.05) is 58.4 Å². The van der Waals surface area contributed by atoms with Crippen LogP contribution >= 0.6 is 0 Å². The summed E-state index contributed by atoms with van der Waals surface area (Å²) in [7, 11) is 0. The van der Waals surface area contributed by atoms with E-state index < -0.39 is 0 Å². The van der Waals surface area contributed by atoms with Gasteiger partial charge in [-0.25, -0.2) is 0 Å². The van der Waals surface area contributed by atoms with Crippen LogP contribution in [0, 0.1) is 5.41 Å². The van der Waals surface area contributed by atoms with Crippen molar-refractivity contribution >= 4 is 0 Å². The lowest BCUT2D eigenvalue weighted by atomic mass is 9.75. The van der Waals surface area contributed by atoms with Gasteiger partial charge in [0.1, 0.15) is 0 Å². The fourth-order valence-electron chi connectivity index (χ4n) is 3.00. The Hall–Kier alpha value is -0.820. The molecular formula is C16H25N. The first-order chi connectivity index (χ1) is 8.04. The summed E-state index contributed by atoms with van der Waals surface area (Å²) in [5.74, 6) is 0.704. The summed E-state index contributed by atoms with van der Waals surface area (Å²) in [6, 6.07) is 9.49. The van der Waals surface area contributed by atoms with Crippen LogP contribution in [0.15, 0.2) is 24.3 Å². The lowest BCUT2D eigenvalue weighted by molar-refractivity contribution is 0.251. The molecule has 2 atom stereocenters. The number of benzene rings is 1. The van der Waals surface area contributed by atoms with E-state index in [0.29, 0.717) is 12.0 Å². The van der Waals surface area contributed by atoms with E-state index in [1.807, 2.05) is 0 Å². The molecule has 0 amide bonds. The van der Waals surface area contributed by atoms with Crippen LogP contribution in [0.2, 0.25) is 0 Å². The Morgan fingerprint density at radius 2 is 1.82 bits per heavy atom. The molecule has 0 spiro atoms. The number of nitrogens with one attached hydrogen (secondary N) is 1. The molecule has 1 aromatic carbocycles. The number of rotatable bonds is 2. The maximum Gasteiger partial charge on any atom is 0.0372 e. The smallest absolute Gasteiger partial charge is 0.0372 e. The summed E-state index contributed by atoms with van der Waals surface area (Å²) < 4.78 is 0. The zero-order valence-corrected chi connectivity index (χ0v) is 11.6. The minimum atomic E-state index is 0.285. The molecular weight excluding hydrogens is 206 g/mol. The van der Waals surface area contributed by atoms with Crippen molar-refractivity contribution in [3.8, 4) is 0 Å². The predicted molar refractivity (Wildman–Crippen MR) is 74.3 cm³/mol. The fourth-order valence-corrected chi connectivity index (χ4v) is 3.00. The first-order valence-corrected chi connectivity index (χ1v) is 6.86. The van der Waals surface area contributed by atoms with Gasteiger partial charge in [0.15, 0.2) is 0 Å². The summed E-state index contributed by atoms with van der Waals surface area (Å²) in [6.07, 6.45) is 2.56. The SMILES string of the molecule is CCCC1CNC(C(C)(C)C)c2ccccc21. The number of hydrogen-bond acceptors (Lipinski definition) is 1. The van der Waals surface area contributed by atoms with Gasteiger partial charge in [-0.3, -0.25) is 0 Å². The Morgan fingerprint density at radius 3 is 2.41 bits per heavy atom. The van der Waals surface area contributed by atoms with E-state index in [0.717, 1.165) is 6.54 Å². The third kappa shape index (κ3) is 2.55. The van der Waals surface area contributed by atoms with Crippen LogP contribution in [0.5, 0.6) is 0 Å². The Kier molecular flexibility index (Phi) is 3.58. The van der Waals surface area contributed by atoms with Crippen molar-refractivity contribution in [2.75, 3.05) is 6.54 Å². The van der Waals surface area contributed by atoms with Gasteiger partial charge in [-0.15, -0.1) is 0 Å². The van der Waals surface area contributed by atoms with E-state index in [9.17, 15) is 0 Å². The zero-order chi connectivity index (χ0) is 12.5. The quantitative estimate of drug-likeness (QED) is 0.802. The molecule has 1 aromatic rings.